The van der Waals surface area contributed by atoms with Crippen molar-refractivity contribution in [2.24, 2.45) is 0 Å². The van der Waals surface area contributed by atoms with Crippen LogP contribution in [0.3, 0.4) is 0 Å². The zero-order valence-electron chi connectivity index (χ0n) is 19.7. The predicted octanol–water partition coefficient (Wildman–Crippen LogP) is 6.09. The lowest BCUT2D eigenvalue weighted by molar-refractivity contribution is -0.123. The number of sulfonamides is 1. The summed E-state index contributed by atoms with van der Waals surface area (Å²) in [4.78, 5) is 14.8. The second-order valence-corrected chi connectivity index (χ2v) is 10.9. The summed E-state index contributed by atoms with van der Waals surface area (Å²) in [6, 6.07) is 22.2. The quantitative estimate of drug-likeness (QED) is 0.246. The van der Waals surface area contributed by atoms with Gasteiger partial charge >= 0.3 is 0 Å². The minimum atomic E-state index is -3.82. The highest BCUT2D eigenvalue weighted by molar-refractivity contribution is 7.92. The van der Waals surface area contributed by atoms with E-state index in [9.17, 15) is 13.2 Å². The molecule has 0 fully saturated rings. The number of rotatable bonds is 7. The van der Waals surface area contributed by atoms with Crippen LogP contribution in [0.5, 0.6) is 0 Å². The van der Waals surface area contributed by atoms with Crippen molar-refractivity contribution >= 4 is 49.3 Å². The van der Waals surface area contributed by atoms with E-state index in [-0.39, 0.29) is 10.8 Å². The van der Waals surface area contributed by atoms with Crippen LogP contribution in [0.25, 0.3) is 16.3 Å². The molecule has 0 bridgehead atoms. The molecule has 0 saturated carbocycles. The molecule has 0 atom stereocenters. The van der Waals surface area contributed by atoms with Gasteiger partial charge in [-0.05, 0) is 47.3 Å². The molecule has 0 radical (unpaired) electrons. The van der Waals surface area contributed by atoms with Crippen LogP contribution in [0.15, 0.2) is 101 Å². The van der Waals surface area contributed by atoms with Crippen LogP contribution < -0.4 is 4.72 Å². The van der Waals surface area contributed by atoms with E-state index in [1.54, 1.807) is 61.8 Å². The molecular weight excluding hydrogens is 476 g/mol. The highest BCUT2D eigenvalue weighted by atomic mass is 32.2. The standard InChI is InChI=1S/C28H26N2O3S2/c1-20-13-16-22(17-14-20)35(32,33)29-25-18-15-21-8-4-5-9-23(21)28(25)24(26-11-7-19-34-26)10-6-12-27(31)30(2)3/h4-19,29H,1-3H3/b12-6+,24-10-. The minimum Gasteiger partial charge on any atom is -0.345 e. The molecule has 1 N–H and O–H groups in total. The number of likely N-dealkylation sites (N-methyl/N-ethyl adjacent to an activating group) is 1. The van der Waals surface area contributed by atoms with Crippen molar-refractivity contribution in [2.75, 3.05) is 18.8 Å². The molecule has 0 unspecified atom stereocenters. The van der Waals surface area contributed by atoms with Gasteiger partial charge in [0.1, 0.15) is 0 Å². The Morgan fingerprint density at radius 1 is 0.943 bits per heavy atom. The minimum absolute atomic E-state index is 0.134. The number of hydrogen-bond acceptors (Lipinski definition) is 4. The third-order valence-electron chi connectivity index (χ3n) is 5.50. The number of hydrogen-bond donors (Lipinski definition) is 1. The van der Waals surface area contributed by atoms with Crippen molar-refractivity contribution in [3.05, 3.63) is 112 Å². The number of fused-ring (bicyclic) bond motifs is 1. The Hall–Kier alpha value is -3.68. The fourth-order valence-corrected chi connectivity index (χ4v) is 5.49. The summed E-state index contributed by atoms with van der Waals surface area (Å²) in [5.41, 5.74) is 3.03. The van der Waals surface area contributed by atoms with Gasteiger partial charge in [-0.1, -0.05) is 66.2 Å². The zero-order chi connectivity index (χ0) is 25.0. The first-order chi connectivity index (χ1) is 16.8. The van der Waals surface area contributed by atoms with Gasteiger partial charge in [-0.3, -0.25) is 9.52 Å². The molecule has 0 spiro atoms. The van der Waals surface area contributed by atoms with E-state index in [0.717, 1.165) is 32.3 Å². The van der Waals surface area contributed by atoms with E-state index in [4.69, 9.17) is 0 Å². The zero-order valence-corrected chi connectivity index (χ0v) is 21.4. The van der Waals surface area contributed by atoms with Gasteiger partial charge in [-0.25, -0.2) is 8.42 Å². The summed E-state index contributed by atoms with van der Waals surface area (Å²) < 4.78 is 29.4. The smallest absolute Gasteiger partial charge is 0.261 e. The SMILES string of the molecule is Cc1ccc(S(=O)(=O)Nc2ccc3ccccc3c2/C(=C\C=C\C(=O)N(C)C)c2cccs2)cc1. The Labute approximate surface area is 210 Å². The van der Waals surface area contributed by atoms with Crippen LogP contribution in [0.1, 0.15) is 16.0 Å². The van der Waals surface area contributed by atoms with E-state index in [1.807, 2.05) is 60.8 Å². The van der Waals surface area contributed by atoms with Crippen molar-refractivity contribution < 1.29 is 13.2 Å². The highest BCUT2D eigenvalue weighted by Crippen LogP contribution is 2.38. The second-order valence-electron chi connectivity index (χ2n) is 8.28. The average Bonchev–Trinajstić information content (AvgIpc) is 3.37. The van der Waals surface area contributed by atoms with Gasteiger partial charge in [-0.2, -0.15) is 0 Å². The molecule has 7 heteroatoms. The lowest BCUT2D eigenvalue weighted by Crippen LogP contribution is -2.18. The molecule has 0 aliphatic rings. The van der Waals surface area contributed by atoms with Crippen molar-refractivity contribution in [1.82, 2.24) is 4.90 Å². The normalized spacial score (nSPS) is 12.3. The molecule has 5 nitrogen and oxygen atoms in total. The Bertz CT molecular complexity index is 1520. The van der Waals surface area contributed by atoms with Gasteiger partial charge in [0.25, 0.3) is 10.0 Å². The number of allylic oxidation sites excluding steroid dienone is 2. The van der Waals surface area contributed by atoms with Crippen LogP contribution in [0.2, 0.25) is 0 Å². The second kappa shape index (κ2) is 10.3. The topological polar surface area (TPSA) is 66.5 Å². The Morgan fingerprint density at radius 2 is 1.69 bits per heavy atom. The first-order valence-electron chi connectivity index (χ1n) is 11.0. The van der Waals surface area contributed by atoms with E-state index in [2.05, 4.69) is 4.72 Å². The van der Waals surface area contributed by atoms with E-state index >= 15 is 0 Å². The van der Waals surface area contributed by atoms with Gasteiger partial charge in [0.15, 0.2) is 0 Å². The number of aryl methyl sites for hydroxylation is 1. The summed E-state index contributed by atoms with van der Waals surface area (Å²) >= 11 is 1.55. The Kier molecular flexibility index (Phi) is 7.19. The Balaban J connectivity index is 1.90. The third-order valence-corrected chi connectivity index (χ3v) is 7.79. The molecule has 1 heterocycles. The Morgan fingerprint density at radius 3 is 2.37 bits per heavy atom. The molecule has 178 valence electrons. The number of nitrogens with one attached hydrogen (secondary N) is 1. The largest absolute Gasteiger partial charge is 0.345 e. The fourth-order valence-electron chi connectivity index (χ4n) is 3.66. The van der Waals surface area contributed by atoms with Crippen LogP contribution in [0.4, 0.5) is 5.69 Å². The highest BCUT2D eigenvalue weighted by Gasteiger charge is 2.20. The number of nitrogens with zero attached hydrogens (tertiary/aromatic N) is 1. The van der Waals surface area contributed by atoms with Crippen LogP contribution in [-0.2, 0) is 14.8 Å². The number of anilines is 1. The van der Waals surface area contributed by atoms with Crippen molar-refractivity contribution in [2.45, 2.75) is 11.8 Å². The van der Waals surface area contributed by atoms with Crippen molar-refractivity contribution in [3.63, 3.8) is 0 Å². The third kappa shape index (κ3) is 5.53. The fraction of sp³-hybridized carbons (Fsp3) is 0.107. The van der Waals surface area contributed by atoms with E-state index < -0.39 is 10.0 Å². The molecule has 0 saturated heterocycles. The van der Waals surface area contributed by atoms with Crippen molar-refractivity contribution in [1.29, 1.82) is 0 Å². The van der Waals surface area contributed by atoms with Gasteiger partial charge in [-0.15, -0.1) is 11.3 Å². The van der Waals surface area contributed by atoms with Crippen LogP contribution >= 0.6 is 11.3 Å². The van der Waals surface area contributed by atoms with Crippen molar-refractivity contribution in [3.8, 4) is 0 Å². The number of thiophene rings is 1. The molecule has 3 aromatic carbocycles. The van der Waals surface area contributed by atoms with Crippen LogP contribution in [0, 0.1) is 6.92 Å². The summed E-state index contributed by atoms with van der Waals surface area (Å²) in [5.74, 6) is -0.134. The maximum atomic E-state index is 13.3. The number of carbonyl (C=O) groups excluding carboxylic acids is 1. The van der Waals surface area contributed by atoms with Gasteiger partial charge in [0, 0.05) is 36.2 Å². The number of amides is 1. The van der Waals surface area contributed by atoms with Gasteiger partial charge in [0.05, 0.1) is 10.6 Å². The number of benzene rings is 3. The maximum Gasteiger partial charge on any atom is 0.261 e. The summed E-state index contributed by atoms with van der Waals surface area (Å²) in [7, 11) is -0.434. The molecule has 4 rings (SSSR count). The summed E-state index contributed by atoms with van der Waals surface area (Å²) in [6.07, 6.45) is 5.06. The maximum absolute atomic E-state index is 13.3. The molecule has 0 aliphatic heterocycles. The lowest BCUT2D eigenvalue weighted by Gasteiger charge is -2.17. The van der Waals surface area contributed by atoms with E-state index in [0.29, 0.717) is 5.69 Å². The molecule has 1 amide bonds. The molecule has 0 aliphatic carbocycles. The summed E-state index contributed by atoms with van der Waals surface area (Å²) in [6.45, 7) is 1.91. The summed E-state index contributed by atoms with van der Waals surface area (Å²) in [5, 5.41) is 3.86. The first-order valence-corrected chi connectivity index (χ1v) is 13.4. The monoisotopic (exact) mass is 502 g/mol. The van der Waals surface area contributed by atoms with E-state index in [1.165, 1.54) is 11.0 Å². The lowest BCUT2D eigenvalue weighted by atomic mass is 9.95. The molecular formula is C28H26N2O3S2. The molecule has 1 aromatic heterocycles. The van der Waals surface area contributed by atoms with Gasteiger partial charge in [0.2, 0.25) is 5.91 Å². The number of carbonyl (C=O) groups is 1. The molecule has 4 aromatic rings. The average molecular weight is 503 g/mol. The van der Waals surface area contributed by atoms with Crippen LogP contribution in [-0.4, -0.2) is 33.3 Å². The van der Waals surface area contributed by atoms with Gasteiger partial charge < -0.3 is 4.90 Å². The molecule has 35 heavy (non-hydrogen) atoms. The predicted molar refractivity (Wildman–Crippen MR) is 145 cm³/mol. The first kappa shape index (κ1) is 24.4.